The molecule has 0 aliphatic rings. The molecule has 0 saturated heterocycles. The van der Waals surface area contributed by atoms with Crippen LogP contribution in [-0.4, -0.2) is 33.7 Å². The molecule has 0 saturated carbocycles. The van der Waals surface area contributed by atoms with E-state index >= 15 is 0 Å². The molecular weight excluding hydrogens is 360 g/mol. The number of phenols is 1. The maximum Gasteiger partial charge on any atom is 0.311 e. The van der Waals surface area contributed by atoms with Crippen molar-refractivity contribution in [3.63, 3.8) is 0 Å². The van der Waals surface area contributed by atoms with Crippen LogP contribution in [0.25, 0.3) is 0 Å². The number of nitrogens with zero attached hydrogens (tertiary/aromatic N) is 3. The van der Waals surface area contributed by atoms with Gasteiger partial charge in [0.1, 0.15) is 0 Å². The van der Waals surface area contributed by atoms with E-state index in [2.05, 4.69) is 10.5 Å². The van der Waals surface area contributed by atoms with Crippen LogP contribution in [0.1, 0.15) is 11.1 Å². The van der Waals surface area contributed by atoms with Crippen molar-refractivity contribution in [2.75, 3.05) is 6.61 Å². The molecule has 0 aromatic heterocycles. The minimum Gasteiger partial charge on any atom is -0.502 e. The first-order valence-corrected chi connectivity index (χ1v) is 7.45. The lowest BCUT2D eigenvalue weighted by Gasteiger charge is -2.06. The topological polar surface area (TPSA) is 157 Å². The highest BCUT2D eigenvalue weighted by atomic mass is 16.6. The van der Waals surface area contributed by atoms with Gasteiger partial charge in [-0.1, -0.05) is 6.07 Å². The number of ether oxygens (including phenoxy) is 1. The monoisotopic (exact) mass is 374 g/mol. The molecule has 0 heterocycles. The Morgan fingerprint density at radius 3 is 2.52 bits per heavy atom. The minimum absolute atomic E-state index is 0.0509. The number of amides is 1. The van der Waals surface area contributed by atoms with Gasteiger partial charge in [-0.05, 0) is 36.2 Å². The van der Waals surface area contributed by atoms with E-state index in [0.29, 0.717) is 11.1 Å². The molecule has 0 spiro atoms. The van der Waals surface area contributed by atoms with Gasteiger partial charge in [0.2, 0.25) is 0 Å². The normalized spacial score (nSPS) is 10.6. The summed E-state index contributed by atoms with van der Waals surface area (Å²) >= 11 is 0. The van der Waals surface area contributed by atoms with Crippen molar-refractivity contribution in [3.8, 4) is 11.5 Å². The maximum atomic E-state index is 11.7. The van der Waals surface area contributed by atoms with Gasteiger partial charge in [0.25, 0.3) is 5.91 Å². The van der Waals surface area contributed by atoms with Gasteiger partial charge in [0, 0.05) is 12.1 Å². The van der Waals surface area contributed by atoms with Crippen molar-refractivity contribution in [2.24, 2.45) is 5.10 Å². The second kappa shape index (κ2) is 8.38. The highest BCUT2D eigenvalue weighted by Crippen LogP contribution is 2.27. The van der Waals surface area contributed by atoms with Crippen LogP contribution >= 0.6 is 0 Å². The van der Waals surface area contributed by atoms with E-state index in [0.717, 1.165) is 18.3 Å². The molecule has 2 aromatic carbocycles. The minimum atomic E-state index is -0.736. The number of hydrogen-bond donors (Lipinski definition) is 2. The summed E-state index contributed by atoms with van der Waals surface area (Å²) in [7, 11) is 0. The summed E-state index contributed by atoms with van der Waals surface area (Å²) in [5, 5.41) is 34.7. The van der Waals surface area contributed by atoms with Crippen LogP contribution in [0, 0.1) is 27.2 Å². The average Bonchev–Trinajstić information content (AvgIpc) is 2.60. The SMILES string of the molecule is Cc1ccc(OCC(=O)N/N=C/c2ccc([N+](=O)[O-])c(O)c2)c([N+](=O)[O-])c1. The molecule has 140 valence electrons. The molecule has 2 rings (SSSR count). The summed E-state index contributed by atoms with van der Waals surface area (Å²) < 4.78 is 5.14. The van der Waals surface area contributed by atoms with Crippen molar-refractivity contribution in [2.45, 2.75) is 6.92 Å². The molecule has 0 fully saturated rings. The number of phenolic OH excluding ortho intramolecular Hbond substituents is 1. The number of carbonyl (C=O) groups excluding carboxylic acids is 1. The first-order valence-electron chi connectivity index (χ1n) is 7.45. The second-order valence-electron chi connectivity index (χ2n) is 5.32. The smallest absolute Gasteiger partial charge is 0.311 e. The van der Waals surface area contributed by atoms with Crippen molar-refractivity contribution < 1.29 is 24.5 Å². The number of nitro groups is 2. The number of nitro benzene ring substituents is 2. The maximum absolute atomic E-state index is 11.7. The molecule has 0 aliphatic carbocycles. The predicted molar refractivity (Wildman–Crippen MR) is 93.8 cm³/mol. The molecule has 0 atom stereocenters. The lowest BCUT2D eigenvalue weighted by molar-refractivity contribution is -0.386. The van der Waals surface area contributed by atoms with Gasteiger partial charge in [0.05, 0.1) is 16.1 Å². The number of aryl methyl sites for hydroxylation is 1. The number of aromatic hydroxyl groups is 1. The first-order chi connectivity index (χ1) is 12.8. The highest BCUT2D eigenvalue weighted by Gasteiger charge is 2.16. The second-order valence-corrected chi connectivity index (χ2v) is 5.32. The van der Waals surface area contributed by atoms with E-state index in [-0.39, 0.29) is 11.4 Å². The van der Waals surface area contributed by atoms with Crippen LogP contribution in [0.2, 0.25) is 0 Å². The standard InChI is InChI=1S/C16H14N4O7/c1-10-2-5-15(13(6-10)20(25)26)27-9-16(22)18-17-8-11-3-4-12(19(23)24)14(21)7-11/h2-8,21H,9H2,1H3,(H,18,22)/b17-8+. The molecule has 0 unspecified atom stereocenters. The van der Waals surface area contributed by atoms with Crippen molar-refractivity contribution in [3.05, 3.63) is 67.8 Å². The molecule has 2 aromatic rings. The largest absolute Gasteiger partial charge is 0.502 e. The zero-order chi connectivity index (χ0) is 20.0. The number of rotatable bonds is 7. The van der Waals surface area contributed by atoms with Crippen LogP contribution in [0.4, 0.5) is 11.4 Å². The van der Waals surface area contributed by atoms with Gasteiger partial charge >= 0.3 is 11.4 Å². The number of hydrogen-bond acceptors (Lipinski definition) is 8. The first kappa shape index (κ1) is 19.3. The molecule has 0 aliphatic heterocycles. The van der Waals surface area contributed by atoms with E-state index in [1.165, 1.54) is 18.2 Å². The fraction of sp³-hybridized carbons (Fsp3) is 0.125. The fourth-order valence-electron chi connectivity index (χ4n) is 2.02. The Labute approximate surface area is 152 Å². The Morgan fingerprint density at radius 1 is 1.19 bits per heavy atom. The summed E-state index contributed by atoms with van der Waals surface area (Å²) in [6, 6.07) is 7.87. The van der Waals surface area contributed by atoms with E-state index in [9.17, 15) is 30.1 Å². The van der Waals surface area contributed by atoms with E-state index in [4.69, 9.17) is 4.74 Å². The van der Waals surface area contributed by atoms with Crippen LogP contribution in [0.3, 0.4) is 0 Å². The van der Waals surface area contributed by atoms with Crippen LogP contribution < -0.4 is 10.2 Å². The summed E-state index contributed by atoms with van der Waals surface area (Å²) in [6.07, 6.45) is 1.16. The van der Waals surface area contributed by atoms with Gasteiger partial charge in [-0.15, -0.1) is 0 Å². The zero-order valence-corrected chi connectivity index (χ0v) is 14.0. The number of hydrazone groups is 1. The van der Waals surface area contributed by atoms with Crippen LogP contribution in [-0.2, 0) is 4.79 Å². The number of nitrogens with one attached hydrogen (secondary N) is 1. The summed E-state index contributed by atoms with van der Waals surface area (Å²) in [5.74, 6) is -1.26. The lowest BCUT2D eigenvalue weighted by atomic mass is 10.2. The molecule has 11 nitrogen and oxygen atoms in total. The zero-order valence-electron chi connectivity index (χ0n) is 14.0. The van der Waals surface area contributed by atoms with Gasteiger partial charge in [-0.3, -0.25) is 25.0 Å². The van der Waals surface area contributed by atoms with E-state index in [1.54, 1.807) is 13.0 Å². The highest BCUT2D eigenvalue weighted by molar-refractivity contribution is 5.84. The molecule has 0 bridgehead atoms. The summed E-state index contributed by atoms with van der Waals surface area (Å²) in [6.45, 7) is 1.18. The Balaban J connectivity index is 1.93. The van der Waals surface area contributed by atoms with Gasteiger partial charge in [-0.2, -0.15) is 5.10 Å². The van der Waals surface area contributed by atoms with Crippen molar-refractivity contribution in [1.29, 1.82) is 0 Å². The van der Waals surface area contributed by atoms with Crippen molar-refractivity contribution >= 4 is 23.5 Å². The van der Waals surface area contributed by atoms with E-state index < -0.39 is 33.8 Å². The molecule has 0 radical (unpaired) electrons. The summed E-state index contributed by atoms with van der Waals surface area (Å²) in [5.41, 5.74) is 2.42. The molecular formula is C16H14N4O7. The Hall–Kier alpha value is -4.02. The third-order valence-corrected chi connectivity index (χ3v) is 3.27. The summed E-state index contributed by atoms with van der Waals surface area (Å²) in [4.78, 5) is 31.9. The molecule has 11 heteroatoms. The third-order valence-electron chi connectivity index (χ3n) is 3.27. The van der Waals surface area contributed by atoms with Gasteiger partial charge in [0.15, 0.2) is 18.1 Å². The number of carbonyl (C=O) groups is 1. The van der Waals surface area contributed by atoms with Crippen molar-refractivity contribution in [1.82, 2.24) is 5.43 Å². The number of benzene rings is 2. The fourth-order valence-corrected chi connectivity index (χ4v) is 2.02. The third kappa shape index (κ3) is 5.22. The van der Waals surface area contributed by atoms with Crippen LogP contribution in [0.15, 0.2) is 41.5 Å². The van der Waals surface area contributed by atoms with Gasteiger partial charge < -0.3 is 9.84 Å². The van der Waals surface area contributed by atoms with E-state index in [1.807, 2.05) is 0 Å². The Bertz CT molecular complexity index is 927. The lowest BCUT2D eigenvalue weighted by Crippen LogP contribution is -2.24. The van der Waals surface area contributed by atoms with Gasteiger partial charge in [-0.25, -0.2) is 5.43 Å². The predicted octanol–water partition coefficient (Wildman–Crippen LogP) is 2.05. The Morgan fingerprint density at radius 2 is 1.89 bits per heavy atom. The quantitative estimate of drug-likeness (QED) is 0.426. The molecule has 1 amide bonds. The molecule has 27 heavy (non-hydrogen) atoms. The molecule has 2 N–H and O–H groups in total. The average molecular weight is 374 g/mol. The Kier molecular flexibility index (Phi) is 5.99. The van der Waals surface area contributed by atoms with Crippen LogP contribution in [0.5, 0.6) is 11.5 Å².